The van der Waals surface area contributed by atoms with Crippen molar-refractivity contribution in [3.8, 4) is 5.75 Å². The molecule has 0 radical (unpaired) electrons. The Bertz CT molecular complexity index is 488. The van der Waals surface area contributed by atoms with E-state index in [-0.39, 0.29) is 0 Å². The minimum atomic E-state index is 0.345. The smallest absolute Gasteiger partial charge is 0.123 e. The number of hydrogen-bond donors (Lipinski definition) is 1. The van der Waals surface area contributed by atoms with Gasteiger partial charge >= 0.3 is 0 Å². The van der Waals surface area contributed by atoms with Crippen LogP contribution >= 0.6 is 0 Å². The maximum absolute atomic E-state index is 5.80. The van der Waals surface area contributed by atoms with Gasteiger partial charge in [-0.05, 0) is 68.2 Å². The van der Waals surface area contributed by atoms with Crippen LogP contribution in [0.25, 0.3) is 0 Å². The molecule has 1 N–H and O–H groups in total. The Labute approximate surface area is 115 Å². The van der Waals surface area contributed by atoms with Crippen LogP contribution < -0.4 is 10.1 Å². The van der Waals surface area contributed by atoms with Crippen LogP contribution in [0.1, 0.15) is 43.4 Å². The van der Waals surface area contributed by atoms with E-state index in [1.165, 1.54) is 30.4 Å². The Morgan fingerprint density at radius 3 is 2.74 bits per heavy atom. The Balaban J connectivity index is 1.58. The molecular formula is C17H23NO. The highest BCUT2D eigenvalue weighted by atomic mass is 16.5. The van der Waals surface area contributed by atoms with Crippen LogP contribution in [0.15, 0.2) is 18.2 Å². The van der Waals surface area contributed by atoms with E-state index in [0.29, 0.717) is 12.1 Å². The molecule has 2 nitrogen and oxygen atoms in total. The van der Waals surface area contributed by atoms with E-state index < -0.39 is 0 Å². The fourth-order valence-corrected chi connectivity index (χ4v) is 4.34. The molecule has 1 aliphatic heterocycles. The van der Waals surface area contributed by atoms with Gasteiger partial charge < -0.3 is 10.1 Å². The third-order valence-electron chi connectivity index (χ3n) is 5.34. The third kappa shape index (κ3) is 1.97. The molecule has 1 aromatic rings. The second kappa shape index (κ2) is 4.24. The average Bonchev–Trinajstić information content (AvgIpc) is 2.83. The summed E-state index contributed by atoms with van der Waals surface area (Å²) in [4.78, 5) is 0. The number of benzene rings is 1. The van der Waals surface area contributed by atoms with Crippen molar-refractivity contribution in [1.29, 1.82) is 0 Å². The standard InChI is InChI=1S/C17H23NO/c1-10-5-14-6-11(3-4-16(14)19-10)17(18-2)15-8-12-7-13(12)9-15/h3-4,6,10,12-13,15,17-18H,5,7-9H2,1-2H3. The van der Waals surface area contributed by atoms with Gasteiger partial charge in [-0.2, -0.15) is 0 Å². The molecule has 2 aliphatic carbocycles. The summed E-state index contributed by atoms with van der Waals surface area (Å²) >= 11 is 0. The summed E-state index contributed by atoms with van der Waals surface area (Å²) in [5, 5.41) is 3.56. The molecule has 0 spiro atoms. The first-order valence-electron chi connectivity index (χ1n) is 7.71. The van der Waals surface area contributed by atoms with Crippen molar-refractivity contribution < 1.29 is 4.74 Å². The van der Waals surface area contributed by atoms with E-state index >= 15 is 0 Å². The van der Waals surface area contributed by atoms with Crippen LogP contribution in [0.5, 0.6) is 5.75 Å². The molecule has 0 aromatic heterocycles. The molecule has 19 heavy (non-hydrogen) atoms. The van der Waals surface area contributed by atoms with Crippen LogP contribution in [0.3, 0.4) is 0 Å². The van der Waals surface area contributed by atoms with Crippen LogP contribution in [0, 0.1) is 17.8 Å². The number of nitrogens with one attached hydrogen (secondary N) is 1. The van der Waals surface area contributed by atoms with Crippen molar-refractivity contribution in [2.75, 3.05) is 7.05 Å². The first-order chi connectivity index (χ1) is 9.24. The van der Waals surface area contributed by atoms with E-state index in [1.54, 1.807) is 0 Å². The maximum Gasteiger partial charge on any atom is 0.123 e. The average molecular weight is 257 g/mol. The van der Waals surface area contributed by atoms with Crippen LogP contribution in [-0.4, -0.2) is 13.2 Å². The molecule has 4 rings (SSSR count). The highest BCUT2D eigenvalue weighted by molar-refractivity contribution is 5.41. The molecule has 2 heteroatoms. The number of hydrogen-bond acceptors (Lipinski definition) is 2. The molecule has 0 saturated heterocycles. The van der Waals surface area contributed by atoms with Gasteiger partial charge in [0, 0.05) is 12.5 Å². The first-order valence-corrected chi connectivity index (χ1v) is 7.71. The molecule has 1 aromatic carbocycles. The molecule has 4 unspecified atom stereocenters. The Kier molecular flexibility index (Phi) is 2.63. The zero-order chi connectivity index (χ0) is 13.0. The monoisotopic (exact) mass is 257 g/mol. The summed E-state index contributed by atoms with van der Waals surface area (Å²) < 4.78 is 5.80. The molecule has 4 atom stereocenters. The lowest BCUT2D eigenvalue weighted by molar-refractivity contribution is 0.254. The lowest BCUT2D eigenvalue weighted by atomic mass is 9.88. The zero-order valence-electron chi connectivity index (χ0n) is 11.9. The summed E-state index contributed by atoms with van der Waals surface area (Å²) in [6, 6.07) is 7.36. The number of rotatable bonds is 3. The Morgan fingerprint density at radius 1 is 1.21 bits per heavy atom. The van der Waals surface area contributed by atoms with Crippen molar-refractivity contribution in [1.82, 2.24) is 5.32 Å². The number of ether oxygens (including phenoxy) is 1. The van der Waals surface area contributed by atoms with Crippen LogP contribution in [0.2, 0.25) is 0 Å². The SMILES string of the molecule is CNC(c1ccc2c(c1)CC(C)O2)C1CC2CC2C1. The third-order valence-corrected chi connectivity index (χ3v) is 5.34. The molecule has 1 heterocycles. The van der Waals surface area contributed by atoms with Crippen molar-refractivity contribution in [2.24, 2.45) is 17.8 Å². The Hall–Kier alpha value is -1.02. The summed E-state index contributed by atoms with van der Waals surface area (Å²) in [7, 11) is 2.11. The molecule has 3 aliphatic rings. The Morgan fingerprint density at radius 2 is 2.00 bits per heavy atom. The van der Waals surface area contributed by atoms with Gasteiger partial charge in [0.15, 0.2) is 0 Å². The quantitative estimate of drug-likeness (QED) is 0.897. The van der Waals surface area contributed by atoms with Gasteiger partial charge in [-0.3, -0.25) is 0 Å². The van der Waals surface area contributed by atoms with Gasteiger partial charge in [-0.15, -0.1) is 0 Å². The van der Waals surface area contributed by atoms with E-state index in [9.17, 15) is 0 Å². The van der Waals surface area contributed by atoms with Gasteiger partial charge in [0.25, 0.3) is 0 Å². The van der Waals surface area contributed by atoms with Crippen molar-refractivity contribution in [3.63, 3.8) is 0 Å². The van der Waals surface area contributed by atoms with Gasteiger partial charge in [-0.1, -0.05) is 12.1 Å². The predicted molar refractivity (Wildman–Crippen MR) is 76.4 cm³/mol. The van der Waals surface area contributed by atoms with E-state index in [4.69, 9.17) is 4.74 Å². The first kappa shape index (κ1) is 11.8. The lowest BCUT2D eigenvalue weighted by Crippen LogP contribution is -2.24. The highest BCUT2D eigenvalue weighted by Gasteiger charge is 2.47. The van der Waals surface area contributed by atoms with Gasteiger partial charge in [0.1, 0.15) is 11.9 Å². The number of fused-ring (bicyclic) bond motifs is 2. The molecule has 102 valence electrons. The van der Waals surface area contributed by atoms with Gasteiger partial charge in [-0.25, -0.2) is 0 Å². The lowest BCUT2D eigenvalue weighted by Gasteiger charge is -2.25. The topological polar surface area (TPSA) is 21.3 Å². The molecule has 0 amide bonds. The zero-order valence-corrected chi connectivity index (χ0v) is 11.9. The second-order valence-electron chi connectivity index (χ2n) is 6.75. The molecular weight excluding hydrogens is 234 g/mol. The second-order valence-corrected chi connectivity index (χ2v) is 6.75. The molecule has 2 saturated carbocycles. The normalized spacial score (nSPS) is 36.5. The summed E-state index contributed by atoms with van der Waals surface area (Å²) in [6.45, 7) is 2.15. The maximum atomic E-state index is 5.80. The van der Waals surface area contributed by atoms with Crippen LogP contribution in [0.4, 0.5) is 0 Å². The minimum absolute atomic E-state index is 0.345. The van der Waals surface area contributed by atoms with E-state index in [2.05, 4.69) is 37.5 Å². The fourth-order valence-electron chi connectivity index (χ4n) is 4.34. The van der Waals surface area contributed by atoms with E-state index in [1.807, 2.05) is 0 Å². The largest absolute Gasteiger partial charge is 0.490 e. The van der Waals surface area contributed by atoms with Crippen molar-refractivity contribution in [2.45, 2.75) is 44.8 Å². The minimum Gasteiger partial charge on any atom is -0.490 e. The van der Waals surface area contributed by atoms with Crippen molar-refractivity contribution in [3.05, 3.63) is 29.3 Å². The van der Waals surface area contributed by atoms with Gasteiger partial charge in [0.05, 0.1) is 0 Å². The van der Waals surface area contributed by atoms with Crippen LogP contribution in [-0.2, 0) is 6.42 Å². The summed E-state index contributed by atoms with van der Waals surface area (Å²) in [5.41, 5.74) is 2.86. The van der Waals surface area contributed by atoms with Gasteiger partial charge in [0.2, 0.25) is 0 Å². The predicted octanol–water partition coefficient (Wildman–Crippen LogP) is 3.32. The molecule has 2 fully saturated rings. The van der Waals surface area contributed by atoms with E-state index in [0.717, 1.165) is 29.9 Å². The fraction of sp³-hybridized carbons (Fsp3) is 0.647. The summed E-state index contributed by atoms with van der Waals surface area (Å²) in [6.07, 6.45) is 5.77. The van der Waals surface area contributed by atoms with Crippen molar-refractivity contribution >= 4 is 0 Å². The summed E-state index contributed by atoms with van der Waals surface area (Å²) in [5.74, 6) is 4.05. The highest BCUT2D eigenvalue weighted by Crippen LogP contribution is 2.57. The molecule has 0 bridgehead atoms.